The summed E-state index contributed by atoms with van der Waals surface area (Å²) < 4.78 is 0. The van der Waals surface area contributed by atoms with Crippen LogP contribution in [0, 0.1) is 5.41 Å². The van der Waals surface area contributed by atoms with Crippen LogP contribution in [0.5, 0.6) is 0 Å². The van der Waals surface area contributed by atoms with Gasteiger partial charge in [0.25, 0.3) is 0 Å². The van der Waals surface area contributed by atoms with E-state index in [9.17, 15) is 0 Å². The van der Waals surface area contributed by atoms with Crippen molar-refractivity contribution in [3.8, 4) is 0 Å². The van der Waals surface area contributed by atoms with Crippen molar-refractivity contribution < 1.29 is 5.21 Å². The number of hydrogen-bond donors (Lipinski definition) is 1. The van der Waals surface area contributed by atoms with Crippen molar-refractivity contribution in [3.05, 3.63) is 0 Å². The van der Waals surface area contributed by atoms with Gasteiger partial charge in [0.2, 0.25) is 0 Å². The summed E-state index contributed by atoms with van der Waals surface area (Å²) in [7, 11) is 0. The first-order valence-electron chi connectivity index (χ1n) is 4.23. The van der Waals surface area contributed by atoms with E-state index in [0.717, 1.165) is 25.0 Å². The number of rotatable bonds is 3. The lowest BCUT2D eigenvalue weighted by molar-refractivity contribution is 0.308. The van der Waals surface area contributed by atoms with Crippen LogP contribution in [0.1, 0.15) is 47.0 Å². The molecular weight excluding hydrogens is 138 g/mol. The largest absolute Gasteiger partial charge is 0.411 e. The van der Waals surface area contributed by atoms with Gasteiger partial charge >= 0.3 is 0 Å². The average molecular weight is 157 g/mol. The molecule has 0 aromatic rings. The molecule has 0 spiro atoms. The third-order valence-electron chi connectivity index (χ3n) is 1.75. The predicted octanol–water partition coefficient (Wildman–Crippen LogP) is 3.05. The normalized spacial score (nSPS) is 13.6. The monoisotopic (exact) mass is 157 g/mol. The van der Waals surface area contributed by atoms with Crippen LogP contribution in [0.25, 0.3) is 0 Å². The highest BCUT2D eigenvalue weighted by Crippen LogP contribution is 2.19. The van der Waals surface area contributed by atoms with Gasteiger partial charge in [0.1, 0.15) is 0 Å². The van der Waals surface area contributed by atoms with Crippen molar-refractivity contribution in [1.29, 1.82) is 0 Å². The second-order valence-electron chi connectivity index (χ2n) is 3.90. The van der Waals surface area contributed by atoms with Crippen molar-refractivity contribution >= 4 is 5.71 Å². The Morgan fingerprint density at radius 2 is 1.91 bits per heavy atom. The summed E-state index contributed by atoms with van der Waals surface area (Å²) in [5.41, 5.74) is 0.920. The van der Waals surface area contributed by atoms with Gasteiger partial charge in [-0.25, -0.2) is 0 Å². The Bertz CT molecular complexity index is 133. The highest BCUT2D eigenvalue weighted by Gasteiger charge is 2.18. The van der Waals surface area contributed by atoms with E-state index in [4.69, 9.17) is 5.21 Å². The maximum Gasteiger partial charge on any atom is 0.0624 e. The smallest absolute Gasteiger partial charge is 0.0624 e. The number of oxime groups is 1. The Labute approximate surface area is 69.3 Å². The molecule has 0 aromatic heterocycles. The minimum atomic E-state index is 0.0178. The van der Waals surface area contributed by atoms with Gasteiger partial charge < -0.3 is 5.21 Å². The fourth-order valence-electron chi connectivity index (χ4n) is 0.919. The molecule has 66 valence electrons. The third-order valence-corrected chi connectivity index (χ3v) is 1.75. The van der Waals surface area contributed by atoms with Crippen molar-refractivity contribution in [1.82, 2.24) is 0 Å². The molecule has 0 saturated carbocycles. The molecule has 0 heterocycles. The van der Waals surface area contributed by atoms with E-state index in [1.807, 2.05) is 0 Å². The summed E-state index contributed by atoms with van der Waals surface area (Å²) in [6, 6.07) is 0. The topological polar surface area (TPSA) is 32.6 Å². The van der Waals surface area contributed by atoms with Crippen molar-refractivity contribution in [3.63, 3.8) is 0 Å². The summed E-state index contributed by atoms with van der Waals surface area (Å²) >= 11 is 0. The molecule has 0 bridgehead atoms. The molecular formula is C9H19NO. The van der Waals surface area contributed by atoms with Crippen molar-refractivity contribution in [2.24, 2.45) is 10.6 Å². The molecule has 1 N–H and O–H groups in total. The molecule has 0 rings (SSSR count). The highest BCUT2D eigenvalue weighted by atomic mass is 16.4. The van der Waals surface area contributed by atoms with E-state index < -0.39 is 0 Å². The van der Waals surface area contributed by atoms with Crippen molar-refractivity contribution in [2.75, 3.05) is 0 Å². The van der Waals surface area contributed by atoms with Gasteiger partial charge in [0.05, 0.1) is 5.71 Å². The van der Waals surface area contributed by atoms with Crippen molar-refractivity contribution in [2.45, 2.75) is 47.0 Å². The van der Waals surface area contributed by atoms with Gasteiger partial charge in [-0.05, 0) is 12.8 Å². The highest BCUT2D eigenvalue weighted by molar-refractivity contribution is 5.88. The predicted molar refractivity (Wildman–Crippen MR) is 48.2 cm³/mol. The fourth-order valence-corrected chi connectivity index (χ4v) is 0.919. The van der Waals surface area contributed by atoms with Gasteiger partial charge in [-0.3, -0.25) is 0 Å². The van der Waals surface area contributed by atoms with Crippen LogP contribution in [-0.4, -0.2) is 10.9 Å². The van der Waals surface area contributed by atoms with E-state index in [1.165, 1.54) is 0 Å². The lowest BCUT2D eigenvalue weighted by Crippen LogP contribution is -2.20. The molecule has 11 heavy (non-hydrogen) atoms. The maximum atomic E-state index is 8.68. The molecule has 0 radical (unpaired) electrons. The van der Waals surface area contributed by atoms with E-state index in [0.29, 0.717) is 0 Å². The molecule has 0 aliphatic rings. The molecule has 2 nitrogen and oxygen atoms in total. The minimum Gasteiger partial charge on any atom is -0.411 e. The molecule has 0 aliphatic heterocycles. The van der Waals surface area contributed by atoms with Gasteiger partial charge in [0.15, 0.2) is 0 Å². The third kappa shape index (κ3) is 4.02. The Balaban J connectivity index is 3.99. The van der Waals surface area contributed by atoms with E-state index in [2.05, 4.69) is 32.9 Å². The van der Waals surface area contributed by atoms with E-state index in [-0.39, 0.29) is 5.41 Å². The second-order valence-corrected chi connectivity index (χ2v) is 3.90. The van der Waals surface area contributed by atoms with Gasteiger partial charge in [-0.1, -0.05) is 39.3 Å². The molecule has 0 amide bonds. The van der Waals surface area contributed by atoms with Crippen LogP contribution < -0.4 is 0 Å². The zero-order valence-electron chi connectivity index (χ0n) is 8.02. The molecule has 0 fully saturated rings. The van der Waals surface area contributed by atoms with Crippen LogP contribution in [0.15, 0.2) is 5.16 Å². The number of hydrogen-bond acceptors (Lipinski definition) is 2. The molecule has 0 unspecified atom stereocenters. The first-order valence-corrected chi connectivity index (χ1v) is 4.23. The lowest BCUT2D eigenvalue weighted by Gasteiger charge is -2.19. The standard InChI is InChI=1S/C9H19NO/c1-5-6-7-8(10-11)9(2,3)4/h11H,5-7H2,1-4H3. The number of unbranched alkanes of at least 4 members (excludes halogenated alkanes) is 1. The molecule has 0 aromatic carbocycles. The molecule has 2 heteroatoms. The lowest BCUT2D eigenvalue weighted by atomic mass is 9.87. The summed E-state index contributed by atoms with van der Waals surface area (Å²) in [4.78, 5) is 0. The zero-order chi connectivity index (χ0) is 8.91. The van der Waals surface area contributed by atoms with Crippen LogP contribution in [0.4, 0.5) is 0 Å². The van der Waals surface area contributed by atoms with Crippen LogP contribution in [0.3, 0.4) is 0 Å². The average Bonchev–Trinajstić information content (AvgIpc) is 1.87. The summed E-state index contributed by atoms with van der Waals surface area (Å²) in [6.07, 6.45) is 3.17. The van der Waals surface area contributed by atoms with Gasteiger partial charge in [-0.15, -0.1) is 0 Å². The zero-order valence-corrected chi connectivity index (χ0v) is 8.02. The Kier molecular flexibility index (Phi) is 4.16. The van der Waals surface area contributed by atoms with E-state index in [1.54, 1.807) is 0 Å². The van der Waals surface area contributed by atoms with Gasteiger partial charge in [-0.2, -0.15) is 0 Å². The van der Waals surface area contributed by atoms with Crippen LogP contribution >= 0.6 is 0 Å². The second kappa shape index (κ2) is 4.37. The Hall–Kier alpha value is -0.530. The quantitative estimate of drug-likeness (QED) is 0.381. The summed E-state index contributed by atoms with van der Waals surface area (Å²) in [5.74, 6) is 0. The Morgan fingerprint density at radius 3 is 2.18 bits per heavy atom. The SMILES string of the molecule is CCCCC(=NO)C(C)(C)C. The Morgan fingerprint density at radius 1 is 1.36 bits per heavy atom. The number of nitrogens with zero attached hydrogens (tertiary/aromatic N) is 1. The van der Waals surface area contributed by atoms with Crippen LogP contribution in [0.2, 0.25) is 0 Å². The fraction of sp³-hybridized carbons (Fsp3) is 0.889. The molecule has 0 saturated heterocycles. The summed E-state index contributed by atoms with van der Waals surface area (Å²) in [6.45, 7) is 8.34. The van der Waals surface area contributed by atoms with Crippen LogP contribution in [-0.2, 0) is 0 Å². The maximum absolute atomic E-state index is 8.68. The first-order chi connectivity index (χ1) is 5.02. The first kappa shape index (κ1) is 10.5. The molecule has 0 aliphatic carbocycles. The van der Waals surface area contributed by atoms with Gasteiger partial charge in [0, 0.05) is 5.41 Å². The minimum absolute atomic E-state index is 0.0178. The van der Waals surface area contributed by atoms with E-state index >= 15 is 0 Å². The summed E-state index contributed by atoms with van der Waals surface area (Å²) in [5, 5.41) is 12.0. The molecule has 0 atom stereocenters.